The van der Waals surface area contributed by atoms with Crippen molar-refractivity contribution in [3.8, 4) is 0 Å². The van der Waals surface area contributed by atoms with E-state index in [1.165, 1.54) is 5.56 Å². The molecule has 0 bridgehead atoms. The Hall–Kier alpha value is -3.02. The summed E-state index contributed by atoms with van der Waals surface area (Å²) in [7, 11) is 0. The number of aromatic nitrogens is 1. The van der Waals surface area contributed by atoms with Gasteiger partial charge >= 0.3 is 0 Å². The second kappa shape index (κ2) is 10.3. The molecule has 6 nitrogen and oxygen atoms in total. The van der Waals surface area contributed by atoms with Crippen LogP contribution >= 0.6 is 0 Å². The van der Waals surface area contributed by atoms with Crippen molar-refractivity contribution in [2.24, 2.45) is 4.99 Å². The summed E-state index contributed by atoms with van der Waals surface area (Å²) in [6.45, 7) is 6.15. The van der Waals surface area contributed by atoms with Gasteiger partial charge in [-0.1, -0.05) is 49.3 Å². The number of benzene rings is 1. The van der Waals surface area contributed by atoms with E-state index in [2.05, 4.69) is 41.8 Å². The molecular formula is C22H28N4O2. The van der Waals surface area contributed by atoms with Gasteiger partial charge in [0.1, 0.15) is 11.5 Å². The summed E-state index contributed by atoms with van der Waals surface area (Å²) < 4.78 is 10.9. The van der Waals surface area contributed by atoms with Crippen molar-refractivity contribution in [3.63, 3.8) is 0 Å². The van der Waals surface area contributed by atoms with Crippen LogP contribution in [0.25, 0.3) is 0 Å². The number of hydrogen-bond acceptors (Lipinski definition) is 4. The Kier molecular flexibility index (Phi) is 7.29. The molecule has 28 heavy (non-hydrogen) atoms. The van der Waals surface area contributed by atoms with Gasteiger partial charge < -0.3 is 19.6 Å². The van der Waals surface area contributed by atoms with Crippen LogP contribution in [0.2, 0.25) is 0 Å². The highest BCUT2D eigenvalue weighted by Crippen LogP contribution is 2.15. The first kappa shape index (κ1) is 19.7. The van der Waals surface area contributed by atoms with Crippen LogP contribution in [-0.4, -0.2) is 17.7 Å². The number of aryl methyl sites for hydroxylation is 2. The van der Waals surface area contributed by atoms with Crippen molar-refractivity contribution < 1.29 is 8.94 Å². The fraction of sp³-hybridized carbons (Fsp3) is 0.364. The van der Waals surface area contributed by atoms with Crippen LogP contribution in [0.5, 0.6) is 0 Å². The third-order valence-corrected chi connectivity index (χ3v) is 4.55. The molecule has 0 fully saturated rings. The molecule has 0 aliphatic heterocycles. The zero-order valence-electron chi connectivity index (χ0n) is 16.6. The summed E-state index contributed by atoms with van der Waals surface area (Å²) in [5, 5.41) is 11.0. The second-order valence-corrected chi connectivity index (χ2v) is 6.50. The molecule has 0 radical (unpaired) electrons. The predicted molar refractivity (Wildman–Crippen MR) is 110 cm³/mol. The first-order valence-electron chi connectivity index (χ1n) is 9.85. The minimum atomic E-state index is 0.613. The van der Waals surface area contributed by atoms with Crippen LogP contribution < -0.4 is 10.6 Å². The van der Waals surface area contributed by atoms with Gasteiger partial charge in [-0.2, -0.15) is 0 Å². The maximum Gasteiger partial charge on any atom is 0.191 e. The van der Waals surface area contributed by atoms with E-state index in [1.54, 1.807) is 6.26 Å². The summed E-state index contributed by atoms with van der Waals surface area (Å²) in [5.74, 6) is 2.65. The third kappa shape index (κ3) is 5.49. The van der Waals surface area contributed by atoms with Crippen molar-refractivity contribution >= 4 is 5.96 Å². The van der Waals surface area contributed by atoms with Crippen LogP contribution in [-0.2, 0) is 32.4 Å². The summed E-state index contributed by atoms with van der Waals surface area (Å²) in [6, 6.07) is 14.1. The van der Waals surface area contributed by atoms with Crippen LogP contribution in [0.4, 0.5) is 0 Å². The van der Waals surface area contributed by atoms with Crippen molar-refractivity contribution in [1.82, 2.24) is 15.8 Å². The summed E-state index contributed by atoms with van der Waals surface area (Å²) in [5.41, 5.74) is 3.30. The van der Waals surface area contributed by atoms with Gasteiger partial charge in [-0.3, -0.25) is 0 Å². The molecule has 0 spiro atoms. The van der Waals surface area contributed by atoms with E-state index in [0.29, 0.717) is 13.1 Å². The first-order valence-corrected chi connectivity index (χ1v) is 9.85. The number of hydrogen-bond donors (Lipinski definition) is 2. The van der Waals surface area contributed by atoms with Crippen LogP contribution in [0.1, 0.15) is 42.2 Å². The highest BCUT2D eigenvalue weighted by Gasteiger charge is 2.13. The molecule has 0 saturated heterocycles. The molecule has 0 unspecified atom stereocenters. The minimum Gasteiger partial charge on any atom is -0.469 e. The van der Waals surface area contributed by atoms with E-state index < -0.39 is 0 Å². The fourth-order valence-corrected chi connectivity index (χ4v) is 3.00. The fourth-order valence-electron chi connectivity index (χ4n) is 3.00. The molecule has 3 aromatic rings. The van der Waals surface area contributed by atoms with Gasteiger partial charge in [0.2, 0.25) is 0 Å². The minimum absolute atomic E-state index is 0.613. The number of aliphatic imine (C=N–C) groups is 1. The van der Waals surface area contributed by atoms with Crippen LogP contribution in [0.3, 0.4) is 0 Å². The molecular weight excluding hydrogens is 352 g/mol. The van der Waals surface area contributed by atoms with Crippen molar-refractivity contribution in [1.29, 1.82) is 0 Å². The zero-order chi connectivity index (χ0) is 19.6. The lowest BCUT2D eigenvalue weighted by Gasteiger charge is -2.13. The van der Waals surface area contributed by atoms with Crippen molar-refractivity contribution in [3.05, 3.63) is 77.1 Å². The number of nitrogens with one attached hydrogen (secondary N) is 2. The van der Waals surface area contributed by atoms with Crippen LogP contribution in [0.15, 0.2) is 62.7 Å². The van der Waals surface area contributed by atoms with E-state index in [4.69, 9.17) is 13.9 Å². The Morgan fingerprint density at radius 2 is 1.89 bits per heavy atom. The van der Waals surface area contributed by atoms with Crippen molar-refractivity contribution in [2.75, 3.05) is 6.54 Å². The zero-order valence-corrected chi connectivity index (χ0v) is 16.6. The van der Waals surface area contributed by atoms with Crippen molar-refractivity contribution in [2.45, 2.75) is 46.2 Å². The third-order valence-electron chi connectivity index (χ3n) is 4.55. The Morgan fingerprint density at radius 3 is 2.61 bits per heavy atom. The van der Waals surface area contributed by atoms with E-state index in [9.17, 15) is 0 Å². The van der Waals surface area contributed by atoms with Gasteiger partial charge in [-0.15, -0.1) is 0 Å². The number of furan rings is 1. The van der Waals surface area contributed by atoms with Gasteiger partial charge in [0.15, 0.2) is 5.96 Å². The standard InChI is InChI=1S/C22H28N4O2/c1-3-20-19(21(4-2)28-26-20)16-25-22(23-13-12-18-11-8-14-27-18)24-15-17-9-6-5-7-10-17/h5-11,14H,3-4,12-13,15-16H2,1-2H3,(H2,23,24,25). The van der Waals surface area contributed by atoms with Gasteiger partial charge in [-0.25, -0.2) is 4.99 Å². The summed E-state index contributed by atoms with van der Waals surface area (Å²) >= 11 is 0. The average molecular weight is 380 g/mol. The number of rotatable bonds is 9. The lowest BCUT2D eigenvalue weighted by Crippen LogP contribution is -2.38. The smallest absolute Gasteiger partial charge is 0.191 e. The molecule has 3 rings (SSSR count). The Labute approximate surface area is 166 Å². The summed E-state index contributed by atoms with van der Waals surface area (Å²) in [4.78, 5) is 4.74. The molecule has 0 saturated carbocycles. The average Bonchev–Trinajstić information content (AvgIpc) is 3.39. The van der Waals surface area contributed by atoms with Gasteiger partial charge in [-0.05, 0) is 24.1 Å². The maximum atomic E-state index is 5.46. The monoisotopic (exact) mass is 380 g/mol. The molecule has 0 aliphatic rings. The molecule has 2 heterocycles. The first-order chi connectivity index (χ1) is 13.8. The van der Waals surface area contributed by atoms with Gasteiger partial charge in [0, 0.05) is 31.5 Å². The molecule has 1 aromatic carbocycles. The predicted octanol–water partition coefficient (Wildman–Crippen LogP) is 3.87. The lowest BCUT2D eigenvalue weighted by molar-refractivity contribution is 0.380. The number of guanidine groups is 1. The molecule has 6 heteroatoms. The molecule has 0 amide bonds. The molecule has 0 atom stereocenters. The largest absolute Gasteiger partial charge is 0.469 e. The molecule has 148 valence electrons. The highest BCUT2D eigenvalue weighted by molar-refractivity contribution is 5.79. The Balaban J connectivity index is 1.65. The molecule has 2 aromatic heterocycles. The molecule has 2 N–H and O–H groups in total. The number of nitrogens with zero attached hydrogens (tertiary/aromatic N) is 2. The van der Waals surface area contributed by atoms with E-state index in [-0.39, 0.29) is 0 Å². The summed E-state index contributed by atoms with van der Waals surface area (Å²) in [6.07, 6.45) is 4.17. The van der Waals surface area contributed by atoms with Gasteiger partial charge in [0.25, 0.3) is 0 Å². The van der Waals surface area contributed by atoms with E-state index in [0.717, 1.165) is 54.5 Å². The normalized spacial score (nSPS) is 11.6. The highest BCUT2D eigenvalue weighted by atomic mass is 16.5. The lowest BCUT2D eigenvalue weighted by atomic mass is 10.1. The van der Waals surface area contributed by atoms with Gasteiger partial charge in [0.05, 0.1) is 18.5 Å². The SMILES string of the molecule is CCc1noc(CC)c1CNC(=NCc1ccccc1)NCCc1ccco1. The van der Waals surface area contributed by atoms with E-state index in [1.807, 2.05) is 30.3 Å². The Morgan fingerprint density at radius 1 is 1.04 bits per heavy atom. The van der Waals surface area contributed by atoms with Crippen LogP contribution in [0, 0.1) is 0 Å². The quantitative estimate of drug-likeness (QED) is 0.435. The Bertz CT molecular complexity index is 833. The second-order valence-electron chi connectivity index (χ2n) is 6.50. The maximum absolute atomic E-state index is 5.46. The topological polar surface area (TPSA) is 75.6 Å². The van der Waals surface area contributed by atoms with E-state index >= 15 is 0 Å². The molecule has 0 aliphatic carbocycles.